The molecule has 0 spiro atoms. The molecule has 5 heteroatoms. The minimum Gasteiger partial charge on any atom is -0.508 e. The van der Waals surface area contributed by atoms with Crippen molar-refractivity contribution in [3.63, 3.8) is 0 Å². The van der Waals surface area contributed by atoms with Gasteiger partial charge in [-0.1, -0.05) is 37.3 Å². The van der Waals surface area contributed by atoms with Crippen molar-refractivity contribution in [2.24, 2.45) is 5.10 Å². The van der Waals surface area contributed by atoms with Gasteiger partial charge in [0.15, 0.2) is 0 Å². The molecule has 0 aliphatic carbocycles. The summed E-state index contributed by atoms with van der Waals surface area (Å²) >= 11 is 0. The Balaban J connectivity index is 2.48. The second-order valence-corrected chi connectivity index (χ2v) is 4.42. The number of rotatable bonds is 4. The number of benzene rings is 2. The summed E-state index contributed by atoms with van der Waals surface area (Å²) in [7, 11) is 0. The molecule has 3 N–H and O–H groups in total. The Morgan fingerprint density at radius 2 is 1.86 bits per heavy atom. The number of phenols is 2. The van der Waals surface area contributed by atoms with Crippen LogP contribution in [0.3, 0.4) is 0 Å². The second kappa shape index (κ2) is 6.56. The summed E-state index contributed by atoms with van der Waals surface area (Å²) in [5.41, 5.74) is 4.04. The molecular weight excluding hydrogens is 268 g/mol. The third kappa shape index (κ3) is 3.60. The Morgan fingerprint density at radius 1 is 1.14 bits per heavy atom. The van der Waals surface area contributed by atoms with Crippen LogP contribution in [-0.4, -0.2) is 21.8 Å². The lowest BCUT2D eigenvalue weighted by Gasteiger charge is -2.10. The van der Waals surface area contributed by atoms with Crippen LogP contribution >= 0.6 is 0 Å². The number of hydrogen-bond donors (Lipinski definition) is 3. The Kier molecular flexibility index (Phi) is 4.56. The molecular formula is C16H16N2O3. The van der Waals surface area contributed by atoms with E-state index in [1.54, 1.807) is 13.0 Å². The molecule has 2 aromatic rings. The maximum absolute atomic E-state index is 11.4. The number of carbonyl (C=O) groups is 1. The highest BCUT2D eigenvalue weighted by molar-refractivity contribution is 6.14. The number of aromatic hydroxyl groups is 2. The van der Waals surface area contributed by atoms with E-state index in [9.17, 15) is 15.0 Å². The van der Waals surface area contributed by atoms with E-state index in [-0.39, 0.29) is 17.4 Å². The smallest absolute Gasteiger partial charge is 0.239 e. The average Bonchev–Trinajstić information content (AvgIpc) is 2.50. The third-order valence-electron chi connectivity index (χ3n) is 2.90. The standard InChI is InChI=1S/C16H16N2O3/c1-2-15(21)17-18-16(11-6-4-3-5-7-11)13-9-8-12(19)10-14(13)20/h3-10,19-20H,2H2,1H3,(H,17,21)/b18-16-. The van der Waals surface area contributed by atoms with Crippen LogP contribution in [0.4, 0.5) is 0 Å². The predicted octanol–water partition coefficient (Wildman–Crippen LogP) is 2.38. The molecule has 0 fully saturated rings. The monoisotopic (exact) mass is 284 g/mol. The van der Waals surface area contributed by atoms with Gasteiger partial charge in [-0.05, 0) is 12.1 Å². The number of amides is 1. The van der Waals surface area contributed by atoms with E-state index >= 15 is 0 Å². The molecule has 5 nitrogen and oxygen atoms in total. The fourth-order valence-corrected chi connectivity index (χ4v) is 1.79. The lowest BCUT2D eigenvalue weighted by molar-refractivity contribution is -0.120. The molecule has 0 saturated heterocycles. The van der Waals surface area contributed by atoms with Crippen LogP contribution in [0.5, 0.6) is 11.5 Å². The van der Waals surface area contributed by atoms with Gasteiger partial charge in [0.2, 0.25) is 5.91 Å². The van der Waals surface area contributed by atoms with Crippen molar-refractivity contribution in [2.45, 2.75) is 13.3 Å². The van der Waals surface area contributed by atoms with Crippen molar-refractivity contribution in [2.75, 3.05) is 0 Å². The normalized spacial score (nSPS) is 11.2. The molecule has 0 atom stereocenters. The van der Waals surface area contributed by atoms with E-state index in [1.807, 2.05) is 30.3 Å². The van der Waals surface area contributed by atoms with Crippen LogP contribution < -0.4 is 5.43 Å². The topological polar surface area (TPSA) is 81.9 Å². The molecule has 2 rings (SSSR count). The summed E-state index contributed by atoms with van der Waals surface area (Å²) in [6.45, 7) is 1.73. The van der Waals surface area contributed by atoms with Gasteiger partial charge in [0, 0.05) is 23.6 Å². The SMILES string of the molecule is CCC(=O)N/N=C(/c1ccccc1)c1ccc(O)cc1O. The molecule has 21 heavy (non-hydrogen) atoms. The van der Waals surface area contributed by atoms with Crippen molar-refractivity contribution in [1.29, 1.82) is 0 Å². The van der Waals surface area contributed by atoms with Crippen molar-refractivity contribution in [1.82, 2.24) is 5.43 Å². The quantitative estimate of drug-likeness (QED) is 0.595. The number of nitrogens with zero attached hydrogens (tertiary/aromatic N) is 1. The van der Waals surface area contributed by atoms with E-state index in [2.05, 4.69) is 10.5 Å². The van der Waals surface area contributed by atoms with Gasteiger partial charge in [0.05, 0.1) is 0 Å². The van der Waals surface area contributed by atoms with Gasteiger partial charge in [-0.3, -0.25) is 4.79 Å². The molecule has 0 radical (unpaired) electrons. The number of hydrogen-bond acceptors (Lipinski definition) is 4. The van der Waals surface area contributed by atoms with E-state index in [0.717, 1.165) is 5.56 Å². The molecule has 0 saturated carbocycles. The van der Waals surface area contributed by atoms with Gasteiger partial charge in [-0.2, -0.15) is 5.10 Å². The minimum atomic E-state index is -0.221. The molecule has 0 unspecified atom stereocenters. The fourth-order valence-electron chi connectivity index (χ4n) is 1.79. The van der Waals surface area contributed by atoms with Gasteiger partial charge >= 0.3 is 0 Å². The molecule has 108 valence electrons. The van der Waals surface area contributed by atoms with Crippen LogP contribution in [0.1, 0.15) is 24.5 Å². The average molecular weight is 284 g/mol. The molecule has 1 amide bonds. The van der Waals surface area contributed by atoms with Gasteiger partial charge in [-0.15, -0.1) is 0 Å². The summed E-state index contributed by atoms with van der Waals surface area (Å²) in [5, 5.41) is 23.5. The zero-order valence-electron chi connectivity index (χ0n) is 11.6. The van der Waals surface area contributed by atoms with E-state index in [1.165, 1.54) is 12.1 Å². The number of phenolic OH excluding ortho intramolecular Hbond substituents is 2. The Labute approximate surface area is 122 Å². The summed E-state index contributed by atoms with van der Waals surface area (Å²) in [6.07, 6.45) is 0.313. The van der Waals surface area contributed by atoms with Crippen LogP contribution in [0, 0.1) is 0 Å². The molecule has 0 aromatic heterocycles. The Bertz CT molecular complexity index is 666. The highest BCUT2D eigenvalue weighted by atomic mass is 16.3. The maximum atomic E-state index is 11.4. The summed E-state index contributed by atoms with van der Waals surface area (Å²) in [4.78, 5) is 11.4. The minimum absolute atomic E-state index is 0.0405. The van der Waals surface area contributed by atoms with Crippen molar-refractivity contribution < 1.29 is 15.0 Å². The maximum Gasteiger partial charge on any atom is 0.239 e. The Hall–Kier alpha value is -2.82. The summed E-state index contributed by atoms with van der Waals surface area (Å²) in [6, 6.07) is 13.4. The predicted molar refractivity (Wildman–Crippen MR) is 80.3 cm³/mol. The number of hydrazone groups is 1. The van der Waals surface area contributed by atoms with E-state index in [0.29, 0.717) is 17.7 Å². The first-order valence-electron chi connectivity index (χ1n) is 6.56. The number of carbonyl (C=O) groups excluding carboxylic acids is 1. The van der Waals surface area contributed by atoms with Crippen LogP contribution in [0.15, 0.2) is 53.6 Å². The second-order valence-electron chi connectivity index (χ2n) is 4.42. The first-order valence-corrected chi connectivity index (χ1v) is 6.56. The van der Waals surface area contributed by atoms with E-state index in [4.69, 9.17) is 0 Å². The third-order valence-corrected chi connectivity index (χ3v) is 2.90. The van der Waals surface area contributed by atoms with Gasteiger partial charge in [0.25, 0.3) is 0 Å². The van der Waals surface area contributed by atoms with Crippen molar-refractivity contribution >= 4 is 11.6 Å². The largest absolute Gasteiger partial charge is 0.508 e. The highest BCUT2D eigenvalue weighted by Gasteiger charge is 2.12. The first-order chi connectivity index (χ1) is 10.1. The molecule has 0 heterocycles. The van der Waals surface area contributed by atoms with Crippen LogP contribution in [0.2, 0.25) is 0 Å². The molecule has 0 bridgehead atoms. The highest BCUT2D eigenvalue weighted by Crippen LogP contribution is 2.25. The molecule has 2 aromatic carbocycles. The van der Waals surface area contributed by atoms with Crippen LogP contribution in [0.25, 0.3) is 0 Å². The van der Waals surface area contributed by atoms with Gasteiger partial charge in [0.1, 0.15) is 17.2 Å². The lowest BCUT2D eigenvalue weighted by Crippen LogP contribution is -2.19. The fraction of sp³-hybridized carbons (Fsp3) is 0.125. The van der Waals surface area contributed by atoms with Gasteiger partial charge in [-0.25, -0.2) is 5.43 Å². The zero-order chi connectivity index (χ0) is 15.2. The zero-order valence-corrected chi connectivity index (χ0v) is 11.6. The summed E-state index contributed by atoms with van der Waals surface area (Å²) < 4.78 is 0. The van der Waals surface area contributed by atoms with Crippen molar-refractivity contribution in [3.8, 4) is 11.5 Å². The molecule has 0 aliphatic heterocycles. The first kappa shape index (κ1) is 14.6. The molecule has 0 aliphatic rings. The van der Waals surface area contributed by atoms with Crippen molar-refractivity contribution in [3.05, 3.63) is 59.7 Å². The van der Waals surface area contributed by atoms with E-state index < -0.39 is 0 Å². The lowest BCUT2D eigenvalue weighted by atomic mass is 10.0. The van der Waals surface area contributed by atoms with Crippen LogP contribution in [-0.2, 0) is 4.79 Å². The van der Waals surface area contributed by atoms with Gasteiger partial charge < -0.3 is 10.2 Å². The summed E-state index contributed by atoms with van der Waals surface area (Å²) in [5.74, 6) is -0.369. The Morgan fingerprint density at radius 3 is 2.48 bits per heavy atom. The number of nitrogens with one attached hydrogen (secondary N) is 1.